The van der Waals surface area contributed by atoms with Crippen molar-refractivity contribution in [2.75, 3.05) is 0 Å². The van der Waals surface area contributed by atoms with Crippen LogP contribution in [0.1, 0.15) is 34.1 Å². The fourth-order valence-electron chi connectivity index (χ4n) is 8.22. The Bertz CT molecular complexity index is 925. The van der Waals surface area contributed by atoms with Crippen LogP contribution in [0.2, 0.25) is 0 Å². The van der Waals surface area contributed by atoms with E-state index in [0.717, 1.165) is 0 Å². The van der Waals surface area contributed by atoms with Gasteiger partial charge in [-0.1, -0.05) is 20.8 Å². The van der Waals surface area contributed by atoms with E-state index in [1.807, 2.05) is 20.8 Å². The Kier molecular flexibility index (Phi) is 2.97. The molecule has 1 unspecified atom stereocenters. The van der Waals surface area contributed by atoms with Gasteiger partial charge >= 0.3 is 17.9 Å². The second-order valence-corrected chi connectivity index (χ2v) is 10.7. The summed E-state index contributed by atoms with van der Waals surface area (Å²) in [5.74, 6) is -4.43. The molecule has 2 spiro atoms. The largest absolute Gasteiger partial charge is 0.459 e. The van der Waals surface area contributed by atoms with Crippen molar-refractivity contribution in [3.8, 4) is 0 Å². The first kappa shape index (κ1) is 19.0. The first-order valence-corrected chi connectivity index (χ1v) is 10.2. The molecule has 0 aromatic heterocycles. The summed E-state index contributed by atoms with van der Waals surface area (Å²) in [7, 11) is 0. The molecule has 0 amide bonds. The van der Waals surface area contributed by atoms with Gasteiger partial charge in [0.1, 0.15) is 12.2 Å². The molecule has 6 aliphatic rings. The van der Waals surface area contributed by atoms with E-state index in [0.29, 0.717) is 0 Å². The van der Waals surface area contributed by atoms with Gasteiger partial charge in [0.15, 0.2) is 11.7 Å². The van der Waals surface area contributed by atoms with Crippen molar-refractivity contribution < 1.29 is 48.7 Å². The summed E-state index contributed by atoms with van der Waals surface area (Å²) in [5, 5.41) is 34.4. The van der Waals surface area contributed by atoms with E-state index in [1.54, 1.807) is 0 Å². The van der Waals surface area contributed by atoms with Gasteiger partial charge in [0.05, 0.1) is 22.9 Å². The van der Waals surface area contributed by atoms with Gasteiger partial charge in [-0.3, -0.25) is 4.79 Å². The summed E-state index contributed by atoms with van der Waals surface area (Å²) < 4.78 is 22.6. The van der Waals surface area contributed by atoms with E-state index in [-0.39, 0.29) is 6.42 Å². The molecule has 10 nitrogen and oxygen atoms in total. The molecule has 3 N–H and O–H groups in total. The van der Waals surface area contributed by atoms with Gasteiger partial charge in [-0.25, -0.2) is 9.59 Å². The highest BCUT2D eigenvalue weighted by Gasteiger charge is 3.02. The number of carbonyl (C=O) groups excluding carboxylic acids is 3. The van der Waals surface area contributed by atoms with Crippen LogP contribution in [0, 0.1) is 28.1 Å². The number of hydrogen-bond donors (Lipinski definition) is 3. The normalized spacial score (nSPS) is 60.1. The topological polar surface area (TPSA) is 149 Å². The van der Waals surface area contributed by atoms with Crippen LogP contribution >= 0.6 is 0 Å². The van der Waals surface area contributed by atoms with Crippen molar-refractivity contribution in [2.24, 2.45) is 28.1 Å². The second-order valence-electron chi connectivity index (χ2n) is 10.7. The highest BCUT2D eigenvalue weighted by atomic mass is 16.8. The Balaban J connectivity index is 1.71. The van der Waals surface area contributed by atoms with Crippen molar-refractivity contribution in [2.45, 2.75) is 76.0 Å². The van der Waals surface area contributed by atoms with Gasteiger partial charge < -0.3 is 34.3 Å². The highest BCUT2D eigenvalue weighted by molar-refractivity contribution is 5.93. The Morgan fingerprint density at radius 1 is 1.03 bits per heavy atom. The summed E-state index contributed by atoms with van der Waals surface area (Å²) in [6, 6.07) is 0. The molecule has 4 heterocycles. The van der Waals surface area contributed by atoms with E-state index in [9.17, 15) is 29.7 Å². The molecule has 0 radical (unpaired) electrons. The Labute approximate surface area is 171 Å². The van der Waals surface area contributed by atoms with Crippen LogP contribution in [0.3, 0.4) is 0 Å². The molecule has 6 rings (SSSR count). The Hall–Kier alpha value is -1.75. The lowest BCUT2D eigenvalue weighted by Crippen LogP contribution is -2.66. The average molecular weight is 424 g/mol. The molecule has 4 saturated heterocycles. The number of aliphatic hydroxyl groups excluding tert-OH is 2. The molecule has 0 aromatic carbocycles. The predicted octanol–water partition coefficient (Wildman–Crippen LogP) is -1.37. The third-order valence-electron chi connectivity index (χ3n) is 8.91. The third kappa shape index (κ3) is 1.35. The molecular formula is C20H24O10. The molecule has 0 aromatic rings. The highest BCUT2D eigenvalue weighted by Crippen LogP contribution is 2.84. The number of fused-ring (bicyclic) bond motifs is 1. The smallest absolute Gasteiger partial charge is 0.342 e. The Morgan fingerprint density at radius 3 is 2.33 bits per heavy atom. The van der Waals surface area contributed by atoms with Gasteiger partial charge in [0.2, 0.25) is 11.9 Å². The van der Waals surface area contributed by atoms with Crippen molar-refractivity contribution in [3.63, 3.8) is 0 Å². The number of esters is 3. The zero-order chi connectivity index (χ0) is 21.8. The summed E-state index contributed by atoms with van der Waals surface area (Å²) in [6.45, 7) is 6.97. The molecule has 6 fully saturated rings. The van der Waals surface area contributed by atoms with E-state index >= 15 is 0 Å². The number of hydrogen-bond acceptors (Lipinski definition) is 10. The molecule has 4 aliphatic heterocycles. The van der Waals surface area contributed by atoms with Crippen LogP contribution in [-0.4, -0.2) is 75.1 Å². The van der Waals surface area contributed by atoms with Crippen LogP contribution in [0.4, 0.5) is 0 Å². The minimum absolute atomic E-state index is 0.107. The van der Waals surface area contributed by atoms with Crippen molar-refractivity contribution in [1.29, 1.82) is 0 Å². The minimum Gasteiger partial charge on any atom is -0.459 e. The maximum Gasteiger partial charge on any atom is 0.342 e. The summed E-state index contributed by atoms with van der Waals surface area (Å²) in [5.41, 5.74) is -7.95. The molecule has 2 saturated carbocycles. The summed E-state index contributed by atoms with van der Waals surface area (Å²) >= 11 is 0. The van der Waals surface area contributed by atoms with E-state index in [4.69, 9.17) is 18.9 Å². The van der Waals surface area contributed by atoms with Crippen LogP contribution in [0.5, 0.6) is 0 Å². The SMILES string of the molecule is C[C@@H]1C(=O)O[C@@H]2CC34[C@@H]5OC(=O)[C@]3(O[C@H]3OC(=O)[C@H](O)[C@]34[C@H](C(C)(C)C)[C@@H]5O)[C@]12O. The van der Waals surface area contributed by atoms with Gasteiger partial charge in [0, 0.05) is 12.3 Å². The minimum atomic E-state index is -2.12. The Morgan fingerprint density at radius 2 is 1.70 bits per heavy atom. The molecule has 0 bridgehead atoms. The number of ether oxygens (including phenoxy) is 4. The monoisotopic (exact) mass is 424 g/mol. The van der Waals surface area contributed by atoms with Crippen molar-refractivity contribution >= 4 is 17.9 Å². The lowest BCUT2D eigenvalue weighted by molar-refractivity contribution is -0.239. The maximum absolute atomic E-state index is 13.4. The number of rotatable bonds is 0. The lowest BCUT2D eigenvalue weighted by Gasteiger charge is -2.46. The molecule has 10 heteroatoms. The van der Waals surface area contributed by atoms with Gasteiger partial charge in [-0.05, 0) is 12.3 Å². The van der Waals surface area contributed by atoms with Crippen molar-refractivity contribution in [3.05, 3.63) is 0 Å². The molecule has 2 aliphatic carbocycles. The average Bonchev–Trinajstić information content (AvgIpc) is 3.32. The fourth-order valence-corrected chi connectivity index (χ4v) is 8.22. The third-order valence-corrected chi connectivity index (χ3v) is 8.91. The second kappa shape index (κ2) is 4.69. The number of carbonyl (C=O) groups is 3. The quantitative estimate of drug-likeness (QED) is 0.314. The summed E-state index contributed by atoms with van der Waals surface area (Å²) in [6.07, 6.45) is -6.73. The van der Waals surface area contributed by atoms with E-state index < -0.39 is 87.9 Å². The van der Waals surface area contributed by atoms with Gasteiger partial charge in [-0.2, -0.15) is 0 Å². The van der Waals surface area contributed by atoms with Crippen LogP contribution in [0.25, 0.3) is 0 Å². The van der Waals surface area contributed by atoms with Gasteiger partial charge in [0.25, 0.3) is 0 Å². The van der Waals surface area contributed by atoms with Crippen LogP contribution in [0.15, 0.2) is 0 Å². The molecule has 30 heavy (non-hydrogen) atoms. The molecule has 11 atom stereocenters. The number of aliphatic hydroxyl groups is 3. The zero-order valence-electron chi connectivity index (χ0n) is 16.9. The van der Waals surface area contributed by atoms with E-state index in [1.165, 1.54) is 6.92 Å². The maximum atomic E-state index is 13.4. The molecule has 164 valence electrons. The van der Waals surface area contributed by atoms with E-state index in [2.05, 4.69) is 0 Å². The van der Waals surface area contributed by atoms with Crippen LogP contribution < -0.4 is 0 Å². The standard InChI is InChI=1S/C20H24O10/c1-6-12(23)27-7-5-17-11-8(21)9(16(2,3)4)18(17)10(22)13(24)29-15(18)30-20(17,14(25)28-11)19(6,7)26/h6-11,15,21-22,26H,5H2,1-4H3/t6-,7-,8+,9+,10+,11-,15-,17?,18-,19+,20-/m1/s1. The first-order valence-electron chi connectivity index (χ1n) is 10.2. The van der Waals surface area contributed by atoms with Crippen molar-refractivity contribution in [1.82, 2.24) is 0 Å². The lowest BCUT2D eigenvalue weighted by atomic mass is 9.51. The van der Waals surface area contributed by atoms with Crippen LogP contribution in [-0.2, 0) is 33.3 Å². The first-order chi connectivity index (χ1) is 13.8. The van der Waals surface area contributed by atoms with Gasteiger partial charge in [-0.15, -0.1) is 0 Å². The summed E-state index contributed by atoms with van der Waals surface area (Å²) in [4.78, 5) is 38.2. The molecular weight excluding hydrogens is 400 g/mol. The zero-order valence-corrected chi connectivity index (χ0v) is 16.9. The predicted molar refractivity (Wildman–Crippen MR) is 92.0 cm³/mol. The fraction of sp³-hybridized carbons (Fsp3) is 0.850.